The Balaban J connectivity index is 1.93. The van der Waals surface area contributed by atoms with Gasteiger partial charge in [0.15, 0.2) is 5.78 Å². The highest BCUT2D eigenvalue weighted by Crippen LogP contribution is 2.44. The van der Waals surface area contributed by atoms with Crippen LogP contribution in [0.15, 0.2) is 11.4 Å². The van der Waals surface area contributed by atoms with Crippen LogP contribution in [0.5, 0.6) is 0 Å². The Morgan fingerprint density at radius 1 is 1.53 bits per heavy atom. The van der Waals surface area contributed by atoms with Gasteiger partial charge >= 0.3 is 0 Å². The van der Waals surface area contributed by atoms with Crippen molar-refractivity contribution in [2.75, 3.05) is 13.2 Å². The number of ketones is 1. The van der Waals surface area contributed by atoms with E-state index in [-0.39, 0.29) is 23.7 Å². The molecule has 17 heavy (non-hydrogen) atoms. The molecule has 1 heterocycles. The average Bonchev–Trinajstić information content (AvgIpc) is 2.92. The molecule has 5 heteroatoms. The van der Waals surface area contributed by atoms with Crippen LogP contribution in [0.4, 0.5) is 0 Å². The SMILES string of the molecule is CC(=O)c1csc(C(=O)NCC2(CO)CC2)c1. The van der Waals surface area contributed by atoms with E-state index < -0.39 is 0 Å². The summed E-state index contributed by atoms with van der Waals surface area (Å²) in [6, 6.07) is 1.61. The Kier molecular flexibility index (Phi) is 3.31. The number of Topliss-reactive ketones (excluding diaryl/α,β-unsaturated/α-hetero) is 1. The predicted octanol–water partition coefficient (Wildman–Crippen LogP) is 1.45. The van der Waals surface area contributed by atoms with Crippen LogP contribution in [-0.4, -0.2) is 29.9 Å². The number of nitrogens with one attached hydrogen (secondary N) is 1. The Morgan fingerprint density at radius 3 is 2.71 bits per heavy atom. The molecule has 0 saturated heterocycles. The van der Waals surface area contributed by atoms with E-state index in [1.54, 1.807) is 11.4 Å². The van der Waals surface area contributed by atoms with E-state index in [2.05, 4.69) is 5.32 Å². The molecule has 2 N–H and O–H groups in total. The largest absolute Gasteiger partial charge is 0.396 e. The first-order valence-electron chi connectivity index (χ1n) is 5.55. The van der Waals surface area contributed by atoms with Gasteiger partial charge in [-0.25, -0.2) is 0 Å². The predicted molar refractivity (Wildman–Crippen MR) is 65.4 cm³/mol. The van der Waals surface area contributed by atoms with Crippen LogP contribution in [0, 0.1) is 5.41 Å². The highest BCUT2D eigenvalue weighted by atomic mass is 32.1. The first-order chi connectivity index (χ1) is 8.06. The van der Waals surface area contributed by atoms with Gasteiger partial charge in [0.1, 0.15) is 0 Å². The topological polar surface area (TPSA) is 66.4 Å². The number of carbonyl (C=O) groups excluding carboxylic acids is 2. The van der Waals surface area contributed by atoms with E-state index in [1.807, 2.05) is 0 Å². The van der Waals surface area contributed by atoms with Crippen molar-refractivity contribution in [3.8, 4) is 0 Å². The maximum Gasteiger partial charge on any atom is 0.261 e. The zero-order valence-corrected chi connectivity index (χ0v) is 10.5. The molecule has 0 spiro atoms. The molecule has 1 aromatic heterocycles. The lowest BCUT2D eigenvalue weighted by atomic mass is 10.1. The van der Waals surface area contributed by atoms with Gasteiger partial charge in [0, 0.05) is 22.9 Å². The number of amides is 1. The number of aliphatic hydroxyl groups is 1. The first-order valence-corrected chi connectivity index (χ1v) is 6.43. The summed E-state index contributed by atoms with van der Waals surface area (Å²) >= 11 is 1.27. The number of hydrogen-bond acceptors (Lipinski definition) is 4. The number of rotatable bonds is 5. The third-order valence-corrected chi connectivity index (χ3v) is 4.08. The van der Waals surface area contributed by atoms with Gasteiger partial charge in [-0.3, -0.25) is 9.59 Å². The average molecular weight is 253 g/mol. The quantitative estimate of drug-likeness (QED) is 0.781. The molecule has 4 nitrogen and oxygen atoms in total. The van der Waals surface area contributed by atoms with Crippen molar-refractivity contribution in [3.05, 3.63) is 21.9 Å². The van der Waals surface area contributed by atoms with Crippen molar-refractivity contribution in [1.82, 2.24) is 5.32 Å². The van der Waals surface area contributed by atoms with E-state index in [9.17, 15) is 9.59 Å². The molecule has 0 radical (unpaired) electrons. The smallest absolute Gasteiger partial charge is 0.261 e. The Bertz CT molecular complexity index is 448. The lowest BCUT2D eigenvalue weighted by Gasteiger charge is -2.11. The minimum Gasteiger partial charge on any atom is -0.396 e. The van der Waals surface area contributed by atoms with Crippen LogP contribution in [0.2, 0.25) is 0 Å². The van der Waals surface area contributed by atoms with Crippen molar-refractivity contribution in [1.29, 1.82) is 0 Å². The minimum atomic E-state index is -0.165. The van der Waals surface area contributed by atoms with Gasteiger partial charge < -0.3 is 10.4 Å². The van der Waals surface area contributed by atoms with Gasteiger partial charge in [0.05, 0.1) is 11.5 Å². The summed E-state index contributed by atoms with van der Waals surface area (Å²) in [6.07, 6.45) is 1.93. The zero-order chi connectivity index (χ0) is 12.5. The maximum atomic E-state index is 11.8. The maximum absolute atomic E-state index is 11.8. The van der Waals surface area contributed by atoms with Crippen LogP contribution in [0.3, 0.4) is 0 Å². The molecule has 1 amide bonds. The molecule has 1 aromatic rings. The molecule has 0 unspecified atom stereocenters. The van der Waals surface area contributed by atoms with E-state index in [0.29, 0.717) is 17.0 Å². The number of carbonyl (C=O) groups is 2. The van der Waals surface area contributed by atoms with E-state index in [0.717, 1.165) is 12.8 Å². The summed E-state index contributed by atoms with van der Waals surface area (Å²) in [5, 5.41) is 13.6. The van der Waals surface area contributed by atoms with Crippen molar-refractivity contribution >= 4 is 23.0 Å². The molecule has 1 aliphatic carbocycles. The number of hydrogen-bond donors (Lipinski definition) is 2. The highest BCUT2D eigenvalue weighted by molar-refractivity contribution is 7.12. The van der Waals surface area contributed by atoms with Crippen molar-refractivity contribution in [3.63, 3.8) is 0 Å². The first kappa shape index (κ1) is 12.3. The van der Waals surface area contributed by atoms with Crippen LogP contribution >= 0.6 is 11.3 Å². The highest BCUT2D eigenvalue weighted by Gasteiger charge is 2.42. The number of thiophene rings is 1. The van der Waals surface area contributed by atoms with Crippen molar-refractivity contribution in [2.24, 2.45) is 5.41 Å². The summed E-state index contributed by atoms with van der Waals surface area (Å²) in [6.45, 7) is 2.11. The molecule has 0 atom stereocenters. The second kappa shape index (κ2) is 4.58. The summed E-state index contributed by atoms with van der Waals surface area (Å²) < 4.78 is 0. The molecule has 0 bridgehead atoms. The van der Waals surface area contributed by atoms with Crippen LogP contribution in [0.1, 0.15) is 39.8 Å². The van der Waals surface area contributed by atoms with E-state index >= 15 is 0 Å². The second-order valence-electron chi connectivity index (χ2n) is 4.60. The molecule has 1 aliphatic rings. The van der Waals surface area contributed by atoms with Crippen LogP contribution in [0.25, 0.3) is 0 Å². The van der Waals surface area contributed by atoms with E-state index in [1.165, 1.54) is 18.3 Å². The molecule has 0 aromatic carbocycles. The summed E-state index contributed by atoms with van der Waals surface area (Å²) in [7, 11) is 0. The Labute approximate surface area is 104 Å². The molecular formula is C12H15NO3S. The monoisotopic (exact) mass is 253 g/mol. The molecule has 0 aliphatic heterocycles. The van der Waals surface area contributed by atoms with Gasteiger partial charge in [0.25, 0.3) is 5.91 Å². The summed E-state index contributed by atoms with van der Waals surface area (Å²) in [4.78, 5) is 23.4. The molecular weight excluding hydrogens is 238 g/mol. The fourth-order valence-electron chi connectivity index (χ4n) is 1.56. The van der Waals surface area contributed by atoms with Gasteiger partial charge in [0.2, 0.25) is 0 Å². The lowest BCUT2D eigenvalue weighted by Crippen LogP contribution is -2.31. The standard InChI is InChI=1S/C12H15NO3S/c1-8(15)9-4-10(17-5-9)11(16)13-6-12(7-14)2-3-12/h4-5,14H,2-3,6-7H2,1H3,(H,13,16). The fraction of sp³-hybridized carbons (Fsp3) is 0.500. The fourth-order valence-corrected chi connectivity index (χ4v) is 2.42. The molecule has 92 valence electrons. The lowest BCUT2D eigenvalue weighted by molar-refractivity contribution is 0.0939. The Hall–Kier alpha value is -1.20. The zero-order valence-electron chi connectivity index (χ0n) is 9.66. The summed E-state index contributed by atoms with van der Waals surface area (Å²) in [5.41, 5.74) is 0.486. The van der Waals surface area contributed by atoms with Gasteiger partial charge in [-0.15, -0.1) is 11.3 Å². The minimum absolute atomic E-state index is 0.0330. The third-order valence-electron chi connectivity index (χ3n) is 3.15. The molecule has 1 fully saturated rings. The van der Waals surface area contributed by atoms with E-state index in [4.69, 9.17) is 5.11 Å². The van der Waals surface area contributed by atoms with Gasteiger partial charge in [-0.1, -0.05) is 0 Å². The number of aliphatic hydroxyl groups excluding tert-OH is 1. The third kappa shape index (κ3) is 2.73. The van der Waals surface area contributed by atoms with Crippen molar-refractivity contribution in [2.45, 2.75) is 19.8 Å². The van der Waals surface area contributed by atoms with Crippen LogP contribution in [-0.2, 0) is 0 Å². The molecule has 2 rings (SSSR count). The van der Waals surface area contributed by atoms with Crippen molar-refractivity contribution < 1.29 is 14.7 Å². The van der Waals surface area contributed by atoms with Gasteiger partial charge in [-0.05, 0) is 25.8 Å². The van der Waals surface area contributed by atoms with Gasteiger partial charge in [-0.2, -0.15) is 0 Å². The normalized spacial score (nSPS) is 16.6. The summed E-state index contributed by atoms with van der Waals surface area (Å²) in [5.74, 6) is -0.198. The molecule has 1 saturated carbocycles. The van der Waals surface area contributed by atoms with Crippen LogP contribution < -0.4 is 5.32 Å². The Morgan fingerprint density at radius 2 is 2.24 bits per heavy atom. The second-order valence-corrected chi connectivity index (χ2v) is 5.51.